The van der Waals surface area contributed by atoms with E-state index in [2.05, 4.69) is 5.32 Å². The van der Waals surface area contributed by atoms with Crippen molar-refractivity contribution >= 4 is 17.8 Å². The van der Waals surface area contributed by atoms with Gasteiger partial charge in [-0.2, -0.15) is 0 Å². The normalized spacial score (nSPS) is 17.1. The maximum absolute atomic E-state index is 14.3. The first-order valence-electron chi connectivity index (χ1n) is 8.67. The first-order valence-corrected chi connectivity index (χ1v) is 8.67. The van der Waals surface area contributed by atoms with E-state index in [1.807, 2.05) is 0 Å². The molecule has 0 saturated carbocycles. The van der Waals surface area contributed by atoms with Crippen LogP contribution in [0.25, 0.3) is 0 Å². The van der Waals surface area contributed by atoms with Gasteiger partial charge in [0.25, 0.3) is 5.91 Å². The molecule has 142 valence electrons. The van der Waals surface area contributed by atoms with E-state index in [1.165, 1.54) is 19.1 Å². The van der Waals surface area contributed by atoms with E-state index in [4.69, 9.17) is 4.74 Å². The zero-order chi connectivity index (χ0) is 19.5. The lowest BCUT2D eigenvalue weighted by atomic mass is 10.1. The summed E-state index contributed by atoms with van der Waals surface area (Å²) in [6.07, 6.45) is 0.947. The Balaban J connectivity index is 2.04. The smallest absolute Gasteiger partial charge is 0.407 e. The van der Waals surface area contributed by atoms with Crippen LogP contribution in [0.3, 0.4) is 0 Å². The molecular formula is C19H25FN2O4. The number of amides is 2. The average molecular weight is 364 g/mol. The molecule has 7 heteroatoms. The van der Waals surface area contributed by atoms with E-state index in [-0.39, 0.29) is 29.5 Å². The molecule has 1 heterocycles. The Hall–Kier alpha value is -2.44. The van der Waals surface area contributed by atoms with Crippen molar-refractivity contribution in [1.29, 1.82) is 0 Å². The van der Waals surface area contributed by atoms with Crippen LogP contribution in [0.15, 0.2) is 18.2 Å². The second-order valence-corrected chi connectivity index (χ2v) is 7.43. The number of nitrogens with one attached hydrogen (secondary N) is 1. The molecule has 0 aliphatic carbocycles. The first-order chi connectivity index (χ1) is 12.1. The zero-order valence-electron chi connectivity index (χ0n) is 15.6. The van der Waals surface area contributed by atoms with Crippen molar-refractivity contribution < 1.29 is 23.5 Å². The lowest BCUT2D eigenvalue weighted by Gasteiger charge is -2.26. The van der Waals surface area contributed by atoms with Crippen molar-refractivity contribution in [2.45, 2.75) is 52.2 Å². The molecule has 0 radical (unpaired) electrons. The van der Waals surface area contributed by atoms with Gasteiger partial charge in [-0.05, 0) is 52.7 Å². The fourth-order valence-corrected chi connectivity index (χ4v) is 2.89. The lowest BCUT2D eigenvalue weighted by Crippen LogP contribution is -2.44. The van der Waals surface area contributed by atoms with Gasteiger partial charge < -0.3 is 15.0 Å². The number of nitrogens with zero attached hydrogens (tertiary/aromatic N) is 1. The average Bonchev–Trinajstić information content (AvgIpc) is 2.99. The van der Waals surface area contributed by atoms with Gasteiger partial charge in [0.05, 0.1) is 5.56 Å². The highest BCUT2D eigenvalue weighted by Crippen LogP contribution is 2.22. The summed E-state index contributed by atoms with van der Waals surface area (Å²) in [6, 6.07) is 3.65. The third kappa shape index (κ3) is 5.03. The summed E-state index contributed by atoms with van der Waals surface area (Å²) in [5, 5.41) is 2.66. The molecule has 1 saturated heterocycles. The van der Waals surface area contributed by atoms with E-state index < -0.39 is 23.4 Å². The van der Waals surface area contributed by atoms with E-state index in [9.17, 15) is 18.8 Å². The highest BCUT2D eigenvalue weighted by Gasteiger charge is 2.31. The van der Waals surface area contributed by atoms with Crippen LogP contribution in [0, 0.1) is 5.82 Å². The number of alkyl carbamates (subject to hydrolysis) is 1. The van der Waals surface area contributed by atoms with Crippen molar-refractivity contribution in [3.05, 3.63) is 35.1 Å². The predicted octanol–water partition coefficient (Wildman–Crippen LogP) is 3.16. The third-order valence-corrected chi connectivity index (χ3v) is 4.12. The van der Waals surface area contributed by atoms with Crippen LogP contribution >= 0.6 is 0 Å². The number of carbonyl (C=O) groups is 3. The van der Waals surface area contributed by atoms with Crippen molar-refractivity contribution in [2.24, 2.45) is 0 Å². The number of hydrogen-bond acceptors (Lipinski definition) is 4. The van der Waals surface area contributed by atoms with E-state index in [1.54, 1.807) is 25.7 Å². The lowest BCUT2D eigenvalue weighted by molar-refractivity contribution is 0.0501. The highest BCUT2D eigenvalue weighted by molar-refractivity contribution is 5.98. The highest BCUT2D eigenvalue weighted by atomic mass is 19.1. The number of likely N-dealkylation sites (tertiary alicyclic amines) is 1. The molecule has 0 unspecified atom stereocenters. The molecule has 0 spiro atoms. The number of ketones is 1. The third-order valence-electron chi connectivity index (χ3n) is 4.12. The molecule has 2 amide bonds. The molecule has 2 rings (SSSR count). The molecule has 1 fully saturated rings. The summed E-state index contributed by atoms with van der Waals surface area (Å²) in [5.41, 5.74) is -0.445. The number of carbonyl (C=O) groups excluding carboxylic acids is 3. The number of Topliss-reactive ketones (excluding diaryl/α,β-unsaturated/α-hetero) is 1. The Morgan fingerprint density at radius 3 is 2.58 bits per heavy atom. The van der Waals surface area contributed by atoms with Crippen LogP contribution in [0.5, 0.6) is 0 Å². The van der Waals surface area contributed by atoms with E-state index in [0.29, 0.717) is 13.0 Å². The van der Waals surface area contributed by atoms with E-state index >= 15 is 0 Å². The van der Waals surface area contributed by atoms with Crippen LogP contribution < -0.4 is 5.32 Å². The Kier molecular flexibility index (Phi) is 6.00. The molecule has 1 atom stereocenters. The van der Waals surface area contributed by atoms with Crippen LogP contribution in [-0.2, 0) is 4.74 Å². The van der Waals surface area contributed by atoms with Crippen LogP contribution in [0.4, 0.5) is 9.18 Å². The van der Waals surface area contributed by atoms with Gasteiger partial charge in [0.15, 0.2) is 5.78 Å². The number of halogens is 1. The SMILES string of the molecule is CC(=O)c1ccc(C(=O)N2CCC[C@@H]2CNC(=O)OC(C)(C)C)c(F)c1. The summed E-state index contributed by atoms with van der Waals surface area (Å²) in [4.78, 5) is 37.4. The quantitative estimate of drug-likeness (QED) is 0.833. The topological polar surface area (TPSA) is 75.7 Å². The number of hydrogen-bond donors (Lipinski definition) is 1. The summed E-state index contributed by atoms with van der Waals surface area (Å²) < 4.78 is 19.4. The van der Waals surface area contributed by atoms with Crippen LogP contribution in [0.1, 0.15) is 61.3 Å². The summed E-state index contributed by atoms with van der Waals surface area (Å²) in [5.74, 6) is -1.41. The van der Waals surface area contributed by atoms with Crippen LogP contribution in [0.2, 0.25) is 0 Å². The van der Waals surface area contributed by atoms with Crippen molar-refractivity contribution in [3.63, 3.8) is 0 Å². The Morgan fingerprint density at radius 1 is 1.31 bits per heavy atom. The monoisotopic (exact) mass is 364 g/mol. The molecule has 6 nitrogen and oxygen atoms in total. The molecule has 0 aromatic heterocycles. The fraction of sp³-hybridized carbons (Fsp3) is 0.526. The number of benzene rings is 1. The standard InChI is InChI=1S/C19H25FN2O4/c1-12(23)13-7-8-15(16(20)10-13)17(24)22-9-5-6-14(22)11-21-18(25)26-19(2,3)4/h7-8,10,14H,5-6,9,11H2,1-4H3,(H,21,25)/t14-/m1/s1. The molecule has 1 aliphatic rings. The van der Waals surface area contributed by atoms with Crippen molar-refractivity contribution in [1.82, 2.24) is 10.2 Å². The molecule has 26 heavy (non-hydrogen) atoms. The number of ether oxygens (including phenoxy) is 1. The molecule has 1 N–H and O–H groups in total. The molecule has 1 aliphatic heterocycles. The van der Waals surface area contributed by atoms with Crippen LogP contribution in [-0.4, -0.2) is 47.4 Å². The predicted molar refractivity (Wildman–Crippen MR) is 94.7 cm³/mol. The van der Waals surface area contributed by atoms with Gasteiger partial charge in [0.1, 0.15) is 11.4 Å². The Bertz CT molecular complexity index is 712. The molecule has 1 aromatic carbocycles. The van der Waals surface area contributed by atoms with Gasteiger partial charge in [-0.25, -0.2) is 9.18 Å². The van der Waals surface area contributed by atoms with Gasteiger partial charge in [0, 0.05) is 24.7 Å². The minimum atomic E-state index is -0.714. The van der Waals surface area contributed by atoms with Gasteiger partial charge in [-0.15, -0.1) is 0 Å². The zero-order valence-corrected chi connectivity index (χ0v) is 15.6. The number of rotatable bonds is 4. The fourth-order valence-electron chi connectivity index (χ4n) is 2.89. The van der Waals surface area contributed by atoms with Crippen molar-refractivity contribution in [2.75, 3.05) is 13.1 Å². The molecule has 0 bridgehead atoms. The minimum Gasteiger partial charge on any atom is -0.444 e. The molecule has 1 aromatic rings. The maximum Gasteiger partial charge on any atom is 0.407 e. The minimum absolute atomic E-state index is 0.0702. The second kappa shape index (κ2) is 7.85. The first kappa shape index (κ1) is 19.9. The second-order valence-electron chi connectivity index (χ2n) is 7.43. The van der Waals surface area contributed by atoms with Crippen molar-refractivity contribution in [3.8, 4) is 0 Å². The van der Waals surface area contributed by atoms with E-state index in [0.717, 1.165) is 12.5 Å². The van der Waals surface area contributed by atoms with Gasteiger partial charge in [-0.3, -0.25) is 9.59 Å². The summed E-state index contributed by atoms with van der Waals surface area (Å²) in [6.45, 7) is 7.39. The largest absolute Gasteiger partial charge is 0.444 e. The maximum atomic E-state index is 14.3. The van der Waals surface area contributed by atoms with Gasteiger partial charge >= 0.3 is 6.09 Å². The van der Waals surface area contributed by atoms with Gasteiger partial charge in [-0.1, -0.05) is 6.07 Å². The summed E-state index contributed by atoms with van der Waals surface area (Å²) in [7, 11) is 0. The Labute approximate surface area is 152 Å². The van der Waals surface area contributed by atoms with Gasteiger partial charge in [0.2, 0.25) is 0 Å². The summed E-state index contributed by atoms with van der Waals surface area (Å²) >= 11 is 0. The Morgan fingerprint density at radius 2 is 2.00 bits per heavy atom. The molecular weight excluding hydrogens is 339 g/mol.